The minimum Gasteiger partial charge on any atom is -0.492 e. The molecule has 2 atom stereocenters. The zero-order valence-electron chi connectivity index (χ0n) is 26.5. The fourth-order valence-corrected chi connectivity index (χ4v) is 5.62. The molecule has 2 saturated heterocycles. The van der Waals surface area contributed by atoms with Crippen molar-refractivity contribution in [2.45, 2.75) is 45.2 Å². The molecular formula is C34H43N5O7. The normalized spacial score (nSPS) is 18.2. The van der Waals surface area contributed by atoms with Gasteiger partial charge in [0.25, 0.3) is 5.91 Å². The Labute approximate surface area is 268 Å². The topological polar surface area (TPSA) is 142 Å². The number of carbonyl (C=O) groups is 4. The Morgan fingerprint density at radius 3 is 2.57 bits per heavy atom. The molecule has 1 unspecified atom stereocenters. The molecule has 0 bridgehead atoms. The first-order valence-electron chi connectivity index (χ1n) is 16.0. The molecule has 5 rings (SSSR count). The van der Waals surface area contributed by atoms with Gasteiger partial charge in [-0.05, 0) is 61.6 Å². The number of anilines is 1. The van der Waals surface area contributed by atoms with Crippen molar-refractivity contribution in [3.63, 3.8) is 0 Å². The van der Waals surface area contributed by atoms with Crippen LogP contribution in [-0.2, 0) is 14.3 Å². The third-order valence-electron chi connectivity index (χ3n) is 8.11. The fourth-order valence-electron chi connectivity index (χ4n) is 5.62. The van der Waals surface area contributed by atoms with Gasteiger partial charge in [0.05, 0.1) is 25.8 Å². The summed E-state index contributed by atoms with van der Waals surface area (Å²) in [4.78, 5) is 56.3. The lowest BCUT2D eigenvalue weighted by Gasteiger charge is -2.26. The predicted octanol–water partition coefficient (Wildman–Crippen LogP) is 3.67. The van der Waals surface area contributed by atoms with Crippen LogP contribution in [0.2, 0.25) is 0 Å². The lowest BCUT2D eigenvalue weighted by Crippen LogP contribution is -2.52. The SMILES string of the molecule is CC(C)C[C@H](NC(=O)c1cc2cc(OCCN3CCOCC3)ccc2o1)C(=O)NC1CCCN(C(=O)Nc2ccccc2)CC1=O. The molecule has 1 aromatic heterocycles. The number of furan rings is 1. The zero-order chi connectivity index (χ0) is 32.5. The fraction of sp³-hybridized carbons (Fsp3) is 0.471. The monoisotopic (exact) mass is 633 g/mol. The van der Waals surface area contributed by atoms with Crippen LogP contribution in [0.1, 0.15) is 43.7 Å². The van der Waals surface area contributed by atoms with Crippen LogP contribution in [0.5, 0.6) is 5.75 Å². The second kappa shape index (κ2) is 15.7. The maximum atomic E-state index is 13.4. The van der Waals surface area contributed by atoms with Gasteiger partial charge in [-0.25, -0.2) is 4.79 Å². The predicted molar refractivity (Wildman–Crippen MR) is 173 cm³/mol. The van der Waals surface area contributed by atoms with Crippen LogP contribution in [0.4, 0.5) is 10.5 Å². The minimum absolute atomic E-state index is 0.0765. The molecule has 3 heterocycles. The molecule has 0 spiro atoms. The average Bonchev–Trinajstić information content (AvgIpc) is 3.39. The van der Waals surface area contributed by atoms with E-state index in [1.165, 1.54) is 4.90 Å². The molecule has 2 aromatic carbocycles. The Hall–Kier alpha value is -4.42. The van der Waals surface area contributed by atoms with E-state index in [4.69, 9.17) is 13.9 Å². The number of Topliss-reactive ketones (excluding diaryl/α,β-unsaturated/α-hetero) is 1. The Morgan fingerprint density at radius 1 is 1.02 bits per heavy atom. The number of ketones is 1. The van der Waals surface area contributed by atoms with E-state index >= 15 is 0 Å². The summed E-state index contributed by atoms with van der Waals surface area (Å²) in [6, 6.07) is 14.0. The van der Waals surface area contributed by atoms with Crippen molar-refractivity contribution < 1.29 is 33.1 Å². The lowest BCUT2D eigenvalue weighted by atomic mass is 10.0. The number of benzene rings is 2. The van der Waals surface area contributed by atoms with Gasteiger partial charge in [0.15, 0.2) is 11.5 Å². The van der Waals surface area contributed by atoms with Crippen molar-refractivity contribution in [2.75, 3.05) is 57.9 Å². The number of para-hydroxylation sites is 1. The van der Waals surface area contributed by atoms with E-state index in [-0.39, 0.29) is 30.0 Å². The van der Waals surface area contributed by atoms with E-state index in [2.05, 4.69) is 20.9 Å². The second-order valence-corrected chi connectivity index (χ2v) is 12.2. The van der Waals surface area contributed by atoms with Crippen molar-refractivity contribution in [3.8, 4) is 5.75 Å². The third-order valence-corrected chi connectivity index (χ3v) is 8.11. The number of fused-ring (bicyclic) bond motifs is 1. The molecule has 2 fully saturated rings. The van der Waals surface area contributed by atoms with Crippen LogP contribution in [0, 0.1) is 5.92 Å². The zero-order valence-corrected chi connectivity index (χ0v) is 26.5. The molecule has 3 aromatic rings. The highest BCUT2D eigenvalue weighted by Crippen LogP contribution is 2.25. The number of hydrogen-bond donors (Lipinski definition) is 3. The van der Waals surface area contributed by atoms with Crippen LogP contribution >= 0.6 is 0 Å². The molecule has 2 aliphatic rings. The van der Waals surface area contributed by atoms with E-state index in [1.54, 1.807) is 30.3 Å². The minimum atomic E-state index is -0.881. The molecule has 2 aliphatic heterocycles. The highest BCUT2D eigenvalue weighted by atomic mass is 16.5. The molecule has 0 aliphatic carbocycles. The summed E-state index contributed by atoms with van der Waals surface area (Å²) in [5.74, 6) is -0.394. The van der Waals surface area contributed by atoms with E-state index in [0.717, 1.165) is 32.8 Å². The molecule has 12 nitrogen and oxygen atoms in total. The number of urea groups is 1. The van der Waals surface area contributed by atoms with Gasteiger partial charge in [0, 0.05) is 37.3 Å². The molecular weight excluding hydrogens is 590 g/mol. The Kier molecular flexibility index (Phi) is 11.3. The maximum Gasteiger partial charge on any atom is 0.322 e. The van der Waals surface area contributed by atoms with Gasteiger partial charge in [-0.15, -0.1) is 0 Å². The quantitative estimate of drug-likeness (QED) is 0.291. The largest absolute Gasteiger partial charge is 0.492 e. The number of nitrogens with one attached hydrogen (secondary N) is 3. The van der Waals surface area contributed by atoms with Gasteiger partial charge in [0.2, 0.25) is 5.91 Å². The van der Waals surface area contributed by atoms with Gasteiger partial charge in [0.1, 0.15) is 24.0 Å². The van der Waals surface area contributed by atoms with Crippen molar-refractivity contribution >= 4 is 40.3 Å². The highest BCUT2D eigenvalue weighted by molar-refractivity contribution is 6.00. The molecule has 0 saturated carbocycles. The number of likely N-dealkylation sites (tertiary alicyclic amines) is 1. The average molecular weight is 634 g/mol. The van der Waals surface area contributed by atoms with Crippen molar-refractivity contribution in [1.29, 1.82) is 0 Å². The molecule has 3 N–H and O–H groups in total. The molecule has 12 heteroatoms. The van der Waals surface area contributed by atoms with Gasteiger partial charge in [-0.2, -0.15) is 0 Å². The number of carbonyl (C=O) groups excluding carboxylic acids is 4. The number of amides is 4. The van der Waals surface area contributed by atoms with Crippen LogP contribution in [0.3, 0.4) is 0 Å². The first-order chi connectivity index (χ1) is 22.2. The Bertz CT molecular complexity index is 1500. The Morgan fingerprint density at radius 2 is 1.80 bits per heavy atom. The van der Waals surface area contributed by atoms with Crippen LogP contribution in [0.25, 0.3) is 11.0 Å². The first-order valence-corrected chi connectivity index (χ1v) is 16.0. The standard InChI is InChI=1S/C34H43N5O7/c1-23(2)19-28(32(41)36-27-9-6-12-39(22-29(27)40)34(43)35-25-7-4-3-5-8-25)37-33(42)31-21-24-20-26(10-11-30(24)46-31)45-18-15-38-13-16-44-17-14-38/h3-5,7-8,10-11,20-21,23,27-28H,6,9,12-19,22H2,1-2H3,(H,35,43)(H,36,41)(H,37,42)/t27?,28-/m0/s1. The number of hydrogen-bond acceptors (Lipinski definition) is 8. The summed E-state index contributed by atoms with van der Waals surface area (Å²) in [5, 5.41) is 9.16. The van der Waals surface area contributed by atoms with E-state index in [1.807, 2.05) is 38.1 Å². The number of ether oxygens (including phenoxy) is 2. The van der Waals surface area contributed by atoms with Gasteiger partial charge < -0.3 is 34.7 Å². The lowest BCUT2D eigenvalue weighted by molar-refractivity contribution is -0.129. The summed E-state index contributed by atoms with van der Waals surface area (Å²) in [5.41, 5.74) is 1.17. The van der Waals surface area contributed by atoms with Crippen molar-refractivity contribution in [3.05, 3.63) is 60.4 Å². The summed E-state index contributed by atoms with van der Waals surface area (Å²) in [6.07, 6.45) is 1.30. The molecule has 4 amide bonds. The van der Waals surface area contributed by atoms with Crippen LogP contribution < -0.4 is 20.7 Å². The van der Waals surface area contributed by atoms with E-state index < -0.39 is 23.9 Å². The van der Waals surface area contributed by atoms with E-state index in [0.29, 0.717) is 54.8 Å². The number of rotatable bonds is 11. The smallest absolute Gasteiger partial charge is 0.322 e. The van der Waals surface area contributed by atoms with Crippen LogP contribution in [-0.4, -0.2) is 98.1 Å². The van der Waals surface area contributed by atoms with Crippen molar-refractivity contribution in [1.82, 2.24) is 20.4 Å². The van der Waals surface area contributed by atoms with Crippen molar-refractivity contribution in [2.24, 2.45) is 5.92 Å². The number of morpholine rings is 1. The maximum absolute atomic E-state index is 13.4. The first kappa shape index (κ1) is 33.0. The van der Waals surface area contributed by atoms with Gasteiger partial charge >= 0.3 is 6.03 Å². The van der Waals surface area contributed by atoms with Gasteiger partial charge in [-0.1, -0.05) is 32.0 Å². The summed E-state index contributed by atoms with van der Waals surface area (Å²) in [7, 11) is 0. The third kappa shape index (κ3) is 9.07. The summed E-state index contributed by atoms with van der Waals surface area (Å²) in [6.45, 7) is 8.75. The summed E-state index contributed by atoms with van der Waals surface area (Å²) < 4.78 is 17.1. The van der Waals surface area contributed by atoms with Crippen LogP contribution in [0.15, 0.2) is 59.0 Å². The molecule has 246 valence electrons. The van der Waals surface area contributed by atoms with Gasteiger partial charge in [-0.3, -0.25) is 19.3 Å². The Balaban J connectivity index is 1.16. The highest BCUT2D eigenvalue weighted by Gasteiger charge is 2.32. The summed E-state index contributed by atoms with van der Waals surface area (Å²) >= 11 is 0. The molecule has 46 heavy (non-hydrogen) atoms. The number of nitrogens with zero attached hydrogens (tertiary/aromatic N) is 2. The van der Waals surface area contributed by atoms with E-state index in [9.17, 15) is 19.2 Å². The second-order valence-electron chi connectivity index (χ2n) is 12.2. The molecule has 0 radical (unpaired) electrons.